The molecule has 1 aliphatic heterocycles. The summed E-state index contributed by atoms with van der Waals surface area (Å²) >= 11 is 0. The van der Waals surface area contributed by atoms with Gasteiger partial charge in [-0.1, -0.05) is 6.07 Å². The fraction of sp³-hybridized carbons (Fsp3) is 0.304. The van der Waals surface area contributed by atoms with E-state index in [4.69, 9.17) is 10.5 Å². The largest absolute Gasteiger partial charge is 0.476 e. The van der Waals surface area contributed by atoms with Crippen molar-refractivity contribution < 1.29 is 9.53 Å². The van der Waals surface area contributed by atoms with E-state index < -0.39 is 0 Å². The molecule has 0 spiro atoms. The molecule has 0 radical (unpaired) electrons. The van der Waals surface area contributed by atoms with E-state index in [2.05, 4.69) is 15.2 Å². The van der Waals surface area contributed by atoms with E-state index in [0.29, 0.717) is 23.7 Å². The third kappa shape index (κ3) is 4.66. The number of nitrogen functional groups attached to an aromatic ring is 1. The molecule has 2 heterocycles. The molecular formula is C23H26N4O2. The summed E-state index contributed by atoms with van der Waals surface area (Å²) in [5, 5.41) is 3.83. The number of nitrogens with zero attached hydrogens (tertiary/aromatic N) is 2. The van der Waals surface area contributed by atoms with Crippen LogP contribution in [-0.2, 0) is 0 Å². The Bertz CT molecular complexity index is 1030. The highest BCUT2D eigenvalue weighted by Crippen LogP contribution is 2.22. The monoisotopic (exact) mass is 390 g/mol. The van der Waals surface area contributed by atoms with Gasteiger partial charge in [0.25, 0.3) is 5.91 Å². The maximum Gasteiger partial charge on any atom is 0.255 e. The lowest BCUT2D eigenvalue weighted by molar-refractivity contribution is 0.102. The molecule has 6 nitrogen and oxygen atoms in total. The van der Waals surface area contributed by atoms with Gasteiger partial charge in [0, 0.05) is 34.9 Å². The van der Waals surface area contributed by atoms with Crippen molar-refractivity contribution >= 4 is 28.2 Å². The lowest BCUT2D eigenvalue weighted by Crippen LogP contribution is -2.25. The fourth-order valence-corrected chi connectivity index (χ4v) is 3.58. The van der Waals surface area contributed by atoms with E-state index in [0.717, 1.165) is 41.8 Å². The van der Waals surface area contributed by atoms with Crippen LogP contribution in [0.2, 0.25) is 0 Å². The first kappa shape index (κ1) is 19.2. The number of aromatic nitrogens is 1. The van der Waals surface area contributed by atoms with E-state index in [9.17, 15) is 4.79 Å². The van der Waals surface area contributed by atoms with Crippen LogP contribution >= 0.6 is 0 Å². The summed E-state index contributed by atoms with van der Waals surface area (Å²) in [6.45, 7) is 5.83. The van der Waals surface area contributed by atoms with E-state index in [1.165, 1.54) is 12.8 Å². The molecule has 1 saturated heterocycles. The minimum absolute atomic E-state index is 0.175. The minimum atomic E-state index is -0.175. The highest BCUT2D eigenvalue weighted by Gasteiger charge is 2.12. The van der Waals surface area contributed by atoms with Gasteiger partial charge >= 0.3 is 0 Å². The molecule has 0 saturated carbocycles. The van der Waals surface area contributed by atoms with Crippen LogP contribution in [0.15, 0.2) is 48.5 Å². The van der Waals surface area contributed by atoms with Crippen LogP contribution in [-0.4, -0.2) is 42.0 Å². The summed E-state index contributed by atoms with van der Waals surface area (Å²) in [6.07, 6.45) is 2.56. The number of benzene rings is 2. The van der Waals surface area contributed by atoms with Crippen LogP contribution in [0.4, 0.5) is 11.4 Å². The summed E-state index contributed by atoms with van der Waals surface area (Å²) < 4.78 is 5.81. The number of fused-ring (bicyclic) bond motifs is 1. The van der Waals surface area contributed by atoms with Gasteiger partial charge in [-0.15, -0.1) is 0 Å². The normalized spacial score (nSPS) is 14.2. The second-order valence-corrected chi connectivity index (χ2v) is 7.48. The van der Waals surface area contributed by atoms with Crippen molar-refractivity contribution in [2.45, 2.75) is 19.8 Å². The molecule has 3 N–H and O–H groups in total. The second-order valence-electron chi connectivity index (χ2n) is 7.48. The quantitative estimate of drug-likeness (QED) is 0.625. The van der Waals surface area contributed by atoms with Crippen molar-refractivity contribution in [3.05, 3.63) is 59.7 Å². The van der Waals surface area contributed by atoms with E-state index in [1.54, 1.807) is 12.1 Å². The smallest absolute Gasteiger partial charge is 0.255 e. The highest BCUT2D eigenvalue weighted by atomic mass is 16.5. The first-order valence-electron chi connectivity index (χ1n) is 10.0. The number of amides is 1. The summed E-state index contributed by atoms with van der Waals surface area (Å²) in [6, 6.07) is 14.7. The van der Waals surface area contributed by atoms with Crippen molar-refractivity contribution in [3.63, 3.8) is 0 Å². The van der Waals surface area contributed by atoms with E-state index in [-0.39, 0.29) is 5.91 Å². The molecule has 1 aromatic heterocycles. The zero-order chi connectivity index (χ0) is 20.2. The van der Waals surface area contributed by atoms with Gasteiger partial charge in [0.15, 0.2) is 0 Å². The highest BCUT2D eigenvalue weighted by molar-refractivity contribution is 6.06. The fourth-order valence-electron chi connectivity index (χ4n) is 3.58. The Kier molecular flexibility index (Phi) is 5.62. The molecule has 0 atom stereocenters. The Labute approximate surface area is 170 Å². The molecule has 3 aromatic rings. The van der Waals surface area contributed by atoms with Crippen molar-refractivity contribution in [1.82, 2.24) is 9.88 Å². The molecule has 4 rings (SSSR count). The van der Waals surface area contributed by atoms with Crippen LogP contribution in [0.3, 0.4) is 0 Å². The summed E-state index contributed by atoms with van der Waals surface area (Å²) in [5.74, 6) is 0.441. The predicted molar refractivity (Wildman–Crippen MR) is 116 cm³/mol. The average molecular weight is 390 g/mol. The second kappa shape index (κ2) is 8.49. The summed E-state index contributed by atoms with van der Waals surface area (Å²) in [7, 11) is 0. The lowest BCUT2D eigenvalue weighted by atomic mass is 10.1. The standard InChI is InChI=1S/C23H26N4O2/c1-16-4-7-19(24)15-21(16)26-23(28)18-5-8-20-17(14-18)6-9-22(25-20)29-13-12-27-10-2-3-11-27/h4-9,14-15H,2-3,10-13,24H2,1H3,(H,26,28). The Balaban J connectivity index is 1.43. The van der Waals surface area contributed by atoms with Gasteiger partial charge in [0.05, 0.1) is 5.52 Å². The number of ether oxygens (including phenoxy) is 1. The topological polar surface area (TPSA) is 80.5 Å². The molecule has 150 valence electrons. The molecule has 0 bridgehead atoms. The van der Waals surface area contributed by atoms with Gasteiger partial charge in [-0.3, -0.25) is 9.69 Å². The molecule has 6 heteroatoms. The van der Waals surface area contributed by atoms with Crippen LogP contribution in [0.5, 0.6) is 5.88 Å². The van der Waals surface area contributed by atoms with Gasteiger partial charge in [-0.05, 0) is 74.8 Å². The number of anilines is 2. The molecule has 1 amide bonds. The molecule has 0 unspecified atom stereocenters. The summed E-state index contributed by atoms with van der Waals surface area (Å²) in [4.78, 5) is 19.6. The number of hydrogen-bond acceptors (Lipinski definition) is 5. The molecule has 1 aliphatic rings. The molecule has 29 heavy (non-hydrogen) atoms. The zero-order valence-corrected chi connectivity index (χ0v) is 16.6. The first-order valence-corrected chi connectivity index (χ1v) is 10.0. The lowest BCUT2D eigenvalue weighted by Gasteiger charge is -2.14. The van der Waals surface area contributed by atoms with Gasteiger partial charge in [-0.25, -0.2) is 4.98 Å². The van der Waals surface area contributed by atoms with Gasteiger partial charge < -0.3 is 15.8 Å². The van der Waals surface area contributed by atoms with E-state index >= 15 is 0 Å². The average Bonchev–Trinajstić information content (AvgIpc) is 3.24. The maximum atomic E-state index is 12.7. The first-order chi connectivity index (χ1) is 14.1. The SMILES string of the molecule is Cc1ccc(N)cc1NC(=O)c1ccc2nc(OCCN3CCCC3)ccc2c1. The summed E-state index contributed by atoms with van der Waals surface area (Å²) in [5.41, 5.74) is 9.50. The van der Waals surface area contributed by atoms with Crippen molar-refractivity contribution in [3.8, 4) is 5.88 Å². The third-order valence-electron chi connectivity index (χ3n) is 5.29. The number of carbonyl (C=O) groups is 1. The predicted octanol–water partition coefficient (Wildman–Crippen LogP) is 3.85. The number of nitrogens with two attached hydrogens (primary N) is 1. The third-order valence-corrected chi connectivity index (χ3v) is 5.29. The minimum Gasteiger partial charge on any atom is -0.476 e. The Morgan fingerprint density at radius 3 is 2.79 bits per heavy atom. The number of carbonyl (C=O) groups excluding carboxylic acids is 1. The molecule has 1 fully saturated rings. The van der Waals surface area contributed by atoms with E-state index in [1.807, 2.05) is 43.3 Å². The van der Waals surface area contributed by atoms with Crippen LogP contribution in [0.25, 0.3) is 10.9 Å². The number of pyridine rings is 1. The van der Waals surface area contributed by atoms with Crippen LogP contribution in [0, 0.1) is 6.92 Å². The Hall–Kier alpha value is -3.12. The Morgan fingerprint density at radius 1 is 1.14 bits per heavy atom. The molecule has 2 aromatic carbocycles. The van der Waals surface area contributed by atoms with Crippen LogP contribution in [0.1, 0.15) is 28.8 Å². The van der Waals surface area contributed by atoms with Crippen LogP contribution < -0.4 is 15.8 Å². The maximum absolute atomic E-state index is 12.7. The van der Waals surface area contributed by atoms with Gasteiger partial charge in [0.1, 0.15) is 6.61 Å². The zero-order valence-electron chi connectivity index (χ0n) is 16.6. The molecule has 0 aliphatic carbocycles. The Morgan fingerprint density at radius 2 is 1.97 bits per heavy atom. The number of likely N-dealkylation sites (tertiary alicyclic amines) is 1. The number of aryl methyl sites for hydroxylation is 1. The van der Waals surface area contributed by atoms with Gasteiger partial charge in [-0.2, -0.15) is 0 Å². The van der Waals surface area contributed by atoms with Gasteiger partial charge in [0.2, 0.25) is 5.88 Å². The number of hydrogen-bond donors (Lipinski definition) is 2. The van der Waals surface area contributed by atoms with Crippen molar-refractivity contribution in [1.29, 1.82) is 0 Å². The van der Waals surface area contributed by atoms with Crippen molar-refractivity contribution in [2.75, 3.05) is 37.3 Å². The van der Waals surface area contributed by atoms with Crippen molar-refractivity contribution in [2.24, 2.45) is 0 Å². The molecular weight excluding hydrogens is 364 g/mol. The number of nitrogens with one attached hydrogen (secondary N) is 1. The number of rotatable bonds is 6.